The highest BCUT2D eigenvalue weighted by Crippen LogP contribution is 2.14. The summed E-state index contributed by atoms with van der Waals surface area (Å²) >= 11 is 0. The second-order valence-corrected chi connectivity index (χ2v) is 15.1. The van der Waals surface area contributed by atoms with Gasteiger partial charge in [-0.3, -0.25) is 4.79 Å². The van der Waals surface area contributed by atoms with Gasteiger partial charge in [-0.2, -0.15) is 0 Å². The van der Waals surface area contributed by atoms with Gasteiger partial charge in [0.05, 0.1) is 159 Å². The van der Waals surface area contributed by atoms with Crippen molar-refractivity contribution in [2.45, 2.75) is 110 Å². The molecule has 366 valence electrons. The first-order chi connectivity index (χ1) is 30.2. The first-order valence-electron chi connectivity index (χ1n) is 23.9. The number of ether oxygens (including phenoxy) is 13. The zero-order valence-corrected chi connectivity index (χ0v) is 39.4. The third-order valence-corrected chi connectivity index (χ3v) is 9.25. The number of esters is 1. The summed E-state index contributed by atoms with van der Waals surface area (Å²) in [6.07, 6.45) is 20.2. The fourth-order valence-corrected chi connectivity index (χ4v) is 5.70. The van der Waals surface area contributed by atoms with E-state index in [1.807, 2.05) is 14.1 Å². The minimum absolute atomic E-state index is 0.131. The number of unbranched alkanes of at least 4 members (excludes halogenated alkanes) is 14. The van der Waals surface area contributed by atoms with Crippen LogP contribution in [0.4, 0.5) is 0 Å². The molecule has 15 heteroatoms. The van der Waals surface area contributed by atoms with E-state index in [1.165, 1.54) is 83.5 Å². The van der Waals surface area contributed by atoms with Gasteiger partial charge < -0.3 is 66.5 Å². The van der Waals surface area contributed by atoms with Crippen LogP contribution in [0, 0.1) is 0 Å². The third-order valence-electron chi connectivity index (χ3n) is 9.25. The SMILES string of the molecule is CCCCCCCCCCCCCCCCCC(=O)OCCOCCOCCOCCOCCOCCOCCOCCOCCOCCOCCOCCOCCN(C)C. The lowest BCUT2D eigenvalue weighted by Gasteiger charge is -2.10. The number of likely N-dealkylation sites (N-methyl/N-ethyl adjacent to an activating group) is 1. The first kappa shape index (κ1) is 60.0. The Morgan fingerprint density at radius 2 is 0.508 bits per heavy atom. The van der Waals surface area contributed by atoms with E-state index in [-0.39, 0.29) is 12.6 Å². The van der Waals surface area contributed by atoms with Crippen LogP contribution in [0.15, 0.2) is 0 Å². The molecule has 0 amide bonds. The Morgan fingerprint density at radius 1 is 0.295 bits per heavy atom. The van der Waals surface area contributed by atoms with E-state index < -0.39 is 0 Å². The van der Waals surface area contributed by atoms with Gasteiger partial charge in [-0.05, 0) is 20.5 Å². The van der Waals surface area contributed by atoms with Crippen LogP contribution in [0.5, 0.6) is 0 Å². The summed E-state index contributed by atoms with van der Waals surface area (Å²) in [6, 6.07) is 0. The van der Waals surface area contributed by atoms with E-state index >= 15 is 0 Å². The molecule has 0 aliphatic carbocycles. The van der Waals surface area contributed by atoms with Gasteiger partial charge in [-0.1, -0.05) is 96.8 Å². The standard InChI is InChI=1S/C46H93NO14/c1-4-5-6-7-8-9-10-11-12-13-14-15-16-17-18-19-46(48)61-45-44-60-43-42-59-41-40-58-39-38-57-37-36-56-35-34-55-33-32-54-31-30-53-29-28-52-27-26-51-25-24-50-23-22-49-21-20-47(2)3/h4-45H2,1-3H3. The summed E-state index contributed by atoms with van der Waals surface area (Å²) in [5, 5.41) is 0. The van der Waals surface area contributed by atoms with Gasteiger partial charge >= 0.3 is 5.97 Å². The number of carbonyl (C=O) groups is 1. The molecule has 0 atom stereocenters. The minimum Gasteiger partial charge on any atom is -0.463 e. The maximum atomic E-state index is 11.9. The van der Waals surface area contributed by atoms with Crippen LogP contribution in [0.1, 0.15) is 110 Å². The van der Waals surface area contributed by atoms with Crippen molar-refractivity contribution in [2.75, 3.05) is 186 Å². The molecule has 0 bridgehead atoms. The maximum Gasteiger partial charge on any atom is 0.305 e. The Morgan fingerprint density at radius 3 is 0.754 bits per heavy atom. The highest BCUT2D eigenvalue weighted by Gasteiger charge is 2.03. The van der Waals surface area contributed by atoms with E-state index in [0.29, 0.717) is 165 Å². The van der Waals surface area contributed by atoms with Gasteiger partial charge in [-0.15, -0.1) is 0 Å². The second-order valence-electron chi connectivity index (χ2n) is 15.1. The van der Waals surface area contributed by atoms with Crippen molar-refractivity contribution in [3.05, 3.63) is 0 Å². The highest BCUT2D eigenvalue weighted by atomic mass is 16.6. The Labute approximate surface area is 372 Å². The van der Waals surface area contributed by atoms with Crippen LogP contribution in [-0.2, 0) is 66.4 Å². The summed E-state index contributed by atoms with van der Waals surface area (Å²) in [7, 11) is 4.04. The normalized spacial score (nSPS) is 11.7. The van der Waals surface area contributed by atoms with E-state index in [4.69, 9.17) is 61.6 Å². The molecule has 0 radical (unpaired) electrons. The average Bonchev–Trinajstić information content (AvgIpc) is 3.25. The van der Waals surface area contributed by atoms with Gasteiger partial charge in [0.25, 0.3) is 0 Å². The molecule has 0 aliphatic rings. The lowest BCUT2D eigenvalue weighted by molar-refractivity contribution is -0.145. The van der Waals surface area contributed by atoms with Crippen molar-refractivity contribution in [1.29, 1.82) is 0 Å². The Hall–Kier alpha value is -1.05. The van der Waals surface area contributed by atoms with Crippen molar-refractivity contribution in [3.8, 4) is 0 Å². The van der Waals surface area contributed by atoms with Gasteiger partial charge in [0.1, 0.15) is 6.61 Å². The molecule has 0 saturated heterocycles. The van der Waals surface area contributed by atoms with Crippen LogP contribution in [0.3, 0.4) is 0 Å². The minimum atomic E-state index is -0.131. The fraction of sp³-hybridized carbons (Fsp3) is 0.978. The molecule has 0 unspecified atom stereocenters. The topological polar surface area (TPSA) is 140 Å². The van der Waals surface area contributed by atoms with Gasteiger partial charge in [0, 0.05) is 13.0 Å². The van der Waals surface area contributed by atoms with E-state index in [1.54, 1.807) is 0 Å². The first-order valence-corrected chi connectivity index (χ1v) is 23.9. The summed E-state index contributed by atoms with van der Waals surface area (Å²) in [4.78, 5) is 14.0. The van der Waals surface area contributed by atoms with Gasteiger partial charge in [-0.25, -0.2) is 0 Å². The van der Waals surface area contributed by atoms with Crippen LogP contribution < -0.4 is 0 Å². The second kappa shape index (κ2) is 55.1. The molecule has 0 aromatic rings. The molecule has 0 fully saturated rings. The number of carbonyl (C=O) groups excluding carboxylic acids is 1. The van der Waals surface area contributed by atoms with Gasteiger partial charge in [0.2, 0.25) is 0 Å². The Kier molecular flexibility index (Phi) is 54.1. The predicted octanol–water partition coefficient (Wildman–Crippen LogP) is 6.55. The highest BCUT2D eigenvalue weighted by molar-refractivity contribution is 5.69. The monoisotopic (exact) mass is 884 g/mol. The summed E-state index contributed by atoms with van der Waals surface area (Å²) in [5.41, 5.74) is 0. The lowest BCUT2D eigenvalue weighted by Crippen LogP contribution is -2.19. The zero-order chi connectivity index (χ0) is 44.0. The molecule has 0 aliphatic heterocycles. The van der Waals surface area contributed by atoms with Crippen molar-refractivity contribution in [3.63, 3.8) is 0 Å². The van der Waals surface area contributed by atoms with Crippen LogP contribution in [0.2, 0.25) is 0 Å². The molecule has 0 spiro atoms. The number of nitrogens with zero attached hydrogens (tertiary/aromatic N) is 1. The van der Waals surface area contributed by atoms with Crippen LogP contribution in [-0.4, -0.2) is 197 Å². The van der Waals surface area contributed by atoms with E-state index in [2.05, 4.69) is 11.8 Å². The van der Waals surface area contributed by atoms with Crippen molar-refractivity contribution in [2.24, 2.45) is 0 Å². The Bertz CT molecular complexity index is 816. The zero-order valence-electron chi connectivity index (χ0n) is 39.4. The molecule has 15 nitrogen and oxygen atoms in total. The van der Waals surface area contributed by atoms with E-state index in [0.717, 1.165) is 19.4 Å². The fourth-order valence-electron chi connectivity index (χ4n) is 5.70. The smallest absolute Gasteiger partial charge is 0.305 e. The molecule has 0 saturated carbocycles. The molecular formula is C46H93NO14. The Balaban J connectivity index is 3.12. The average molecular weight is 884 g/mol. The van der Waals surface area contributed by atoms with Gasteiger partial charge in [0.15, 0.2) is 0 Å². The summed E-state index contributed by atoms with van der Waals surface area (Å²) < 4.78 is 71.2. The molecular weight excluding hydrogens is 790 g/mol. The molecule has 0 rings (SSSR count). The van der Waals surface area contributed by atoms with Crippen molar-refractivity contribution < 1.29 is 66.4 Å². The quantitative estimate of drug-likeness (QED) is 0.0481. The summed E-state index contributed by atoms with van der Waals surface area (Å²) in [6.45, 7) is 15.8. The van der Waals surface area contributed by atoms with Crippen molar-refractivity contribution in [1.82, 2.24) is 4.90 Å². The number of rotatable bonds is 55. The third kappa shape index (κ3) is 56.9. The molecule has 0 heterocycles. The molecule has 0 aromatic heterocycles. The van der Waals surface area contributed by atoms with Crippen molar-refractivity contribution >= 4 is 5.97 Å². The largest absolute Gasteiger partial charge is 0.463 e. The van der Waals surface area contributed by atoms with E-state index in [9.17, 15) is 4.79 Å². The maximum absolute atomic E-state index is 11.9. The summed E-state index contributed by atoms with van der Waals surface area (Å²) in [5.74, 6) is -0.131. The van der Waals surface area contributed by atoms with Crippen LogP contribution in [0.25, 0.3) is 0 Å². The lowest BCUT2D eigenvalue weighted by atomic mass is 10.0. The molecule has 0 N–H and O–H groups in total. The van der Waals surface area contributed by atoms with Crippen LogP contribution >= 0.6 is 0 Å². The number of hydrogen-bond donors (Lipinski definition) is 0. The number of hydrogen-bond acceptors (Lipinski definition) is 15. The molecule has 0 aromatic carbocycles. The molecule has 61 heavy (non-hydrogen) atoms. The predicted molar refractivity (Wildman–Crippen MR) is 239 cm³/mol.